The molecule has 0 spiro atoms. The van der Waals surface area contributed by atoms with Gasteiger partial charge in [0.1, 0.15) is 0 Å². The molecule has 0 saturated carbocycles. The summed E-state index contributed by atoms with van der Waals surface area (Å²) in [5.41, 5.74) is 1.23. The summed E-state index contributed by atoms with van der Waals surface area (Å²) >= 11 is 4.64. The predicted octanol–water partition coefficient (Wildman–Crippen LogP) is 5.51. The van der Waals surface area contributed by atoms with Crippen molar-refractivity contribution < 1.29 is 26.2 Å². The molecule has 0 N–H and O–H groups in total. The summed E-state index contributed by atoms with van der Waals surface area (Å²) in [6, 6.07) is 16.9. The van der Waals surface area contributed by atoms with Gasteiger partial charge in [0, 0.05) is 18.8 Å². The summed E-state index contributed by atoms with van der Waals surface area (Å²) in [7, 11) is 0. The number of nitrogens with zero attached hydrogens (tertiary/aromatic N) is 1. The Morgan fingerprint density at radius 3 is 2.36 bits per heavy atom. The van der Waals surface area contributed by atoms with E-state index in [1.165, 1.54) is 22.8 Å². The van der Waals surface area contributed by atoms with Crippen molar-refractivity contribution in [3.8, 4) is 5.69 Å². The van der Waals surface area contributed by atoms with Crippen LogP contribution in [0.3, 0.4) is 0 Å². The summed E-state index contributed by atoms with van der Waals surface area (Å²) in [5, 5.41) is 2.60. The third-order valence-electron chi connectivity index (χ3n) is 3.09. The first-order chi connectivity index (χ1) is 10.4. The normalized spacial score (nSPS) is 11.2. The molecule has 1 aliphatic carbocycles. The summed E-state index contributed by atoms with van der Waals surface area (Å²) in [4.78, 5) is 0. The molecule has 0 bridgehead atoms. The maximum atomic E-state index is 4.64. The van der Waals surface area contributed by atoms with Crippen molar-refractivity contribution in [2.45, 2.75) is 6.42 Å². The van der Waals surface area contributed by atoms with Crippen LogP contribution in [0.5, 0.6) is 0 Å². The second kappa shape index (κ2) is 10.5. The molecule has 110 valence electrons. The second-order valence-electron chi connectivity index (χ2n) is 4.44. The fourth-order valence-corrected chi connectivity index (χ4v) is 2.13. The van der Waals surface area contributed by atoms with E-state index in [1.54, 1.807) is 0 Å². The third kappa shape index (κ3) is 5.19. The van der Waals surface area contributed by atoms with Gasteiger partial charge in [0.2, 0.25) is 0 Å². The Morgan fingerprint density at radius 1 is 1.09 bits per heavy atom. The van der Waals surface area contributed by atoms with Crippen molar-refractivity contribution in [1.29, 1.82) is 0 Å². The molecule has 0 amide bonds. The van der Waals surface area contributed by atoms with Crippen LogP contribution in [0, 0.1) is 6.08 Å². The summed E-state index contributed by atoms with van der Waals surface area (Å²) in [6.45, 7) is 0. The molecule has 0 radical (unpaired) electrons. The van der Waals surface area contributed by atoms with Crippen LogP contribution < -0.4 is 0 Å². The Hall–Kier alpha value is -1.24. The van der Waals surface area contributed by atoms with Crippen molar-refractivity contribution in [1.82, 2.24) is 4.57 Å². The molecule has 0 unspecified atom stereocenters. The minimum Gasteiger partial charge on any atom is -0.342 e. The van der Waals surface area contributed by atoms with Gasteiger partial charge in [0.05, 0.1) is 0 Å². The average Bonchev–Trinajstić information content (AvgIpc) is 3.30. The van der Waals surface area contributed by atoms with E-state index in [1.807, 2.05) is 24.3 Å². The number of rotatable bonds is 1. The van der Waals surface area contributed by atoms with E-state index < -0.39 is 0 Å². The Labute approximate surface area is 156 Å². The van der Waals surface area contributed by atoms with E-state index in [-0.39, 0.29) is 26.2 Å². The van der Waals surface area contributed by atoms with Crippen LogP contribution in [0.15, 0.2) is 79.2 Å². The van der Waals surface area contributed by atoms with Gasteiger partial charge >= 0.3 is 26.2 Å². The van der Waals surface area contributed by atoms with Crippen LogP contribution in [0.2, 0.25) is 0 Å². The first-order valence-electron chi connectivity index (χ1n) is 6.82. The number of halogens is 1. The van der Waals surface area contributed by atoms with Gasteiger partial charge in [-0.05, 0) is 17.8 Å². The number of aromatic nitrogens is 1. The number of benzene rings is 1. The van der Waals surface area contributed by atoms with Gasteiger partial charge in [-0.2, -0.15) is 6.08 Å². The van der Waals surface area contributed by atoms with E-state index in [0.29, 0.717) is 0 Å². The molecule has 22 heavy (non-hydrogen) atoms. The molecule has 1 nitrogen and oxygen atoms in total. The molecule has 0 saturated heterocycles. The Bertz CT molecular complexity index is 665. The molecule has 1 aliphatic rings. The van der Waals surface area contributed by atoms with Gasteiger partial charge in [-0.25, -0.2) is 12.2 Å². The molecular weight excluding hydrogens is 369 g/mol. The van der Waals surface area contributed by atoms with Gasteiger partial charge in [0.25, 0.3) is 0 Å². The number of allylic oxidation sites excluding steroid dienone is 4. The zero-order valence-corrected chi connectivity index (χ0v) is 15.8. The standard InChI is InChI=1S/C13H10N.C5H5.CH3Cl.Zr/c1-2-6-12-10-13(9-11(12)5-1)14-7-3-4-8-14;1-2-4-5-3-1;1-2;/h1-10H;1-3H,4H2;1H3;/q2*-1;;+2. The molecule has 3 heteroatoms. The molecule has 3 aromatic rings. The predicted molar refractivity (Wildman–Crippen MR) is 92.2 cm³/mol. The van der Waals surface area contributed by atoms with Crippen molar-refractivity contribution in [3.63, 3.8) is 0 Å². The molecular formula is C19H18ClNZr. The monoisotopic (exact) mass is 385 g/mol. The molecule has 0 atom stereocenters. The SMILES string of the molecule is CCl.[C-]1=CC=CC1.[Zr+2].c1ccc2[cH-]c(-n3cccc3)cc2c1. The van der Waals surface area contributed by atoms with Crippen LogP contribution in [0.4, 0.5) is 0 Å². The second-order valence-corrected chi connectivity index (χ2v) is 4.44. The quantitative estimate of drug-likeness (QED) is 0.384. The minimum atomic E-state index is 0. The maximum absolute atomic E-state index is 4.64. The molecule has 2 aromatic carbocycles. The van der Waals surface area contributed by atoms with Crippen LogP contribution in [0.1, 0.15) is 6.42 Å². The maximum Gasteiger partial charge on any atom is 2.00 e. The first kappa shape index (κ1) is 18.8. The molecule has 0 fully saturated rings. The van der Waals surface area contributed by atoms with Crippen LogP contribution in [-0.2, 0) is 26.2 Å². The van der Waals surface area contributed by atoms with E-state index in [2.05, 4.69) is 77.1 Å². The minimum absolute atomic E-state index is 0. The van der Waals surface area contributed by atoms with Gasteiger partial charge < -0.3 is 4.57 Å². The van der Waals surface area contributed by atoms with Crippen molar-refractivity contribution in [2.75, 3.05) is 6.38 Å². The van der Waals surface area contributed by atoms with Crippen LogP contribution in [0.25, 0.3) is 16.5 Å². The third-order valence-corrected chi connectivity index (χ3v) is 3.09. The molecule has 1 aromatic heterocycles. The fourth-order valence-electron chi connectivity index (χ4n) is 2.13. The Morgan fingerprint density at radius 2 is 1.82 bits per heavy atom. The largest absolute Gasteiger partial charge is 2.00 e. The number of hydrogen-bond acceptors (Lipinski definition) is 0. The van der Waals surface area contributed by atoms with Crippen molar-refractivity contribution >= 4 is 22.4 Å². The molecule has 4 rings (SSSR count). The van der Waals surface area contributed by atoms with Gasteiger partial charge in [0.15, 0.2) is 0 Å². The van der Waals surface area contributed by atoms with E-state index >= 15 is 0 Å². The summed E-state index contributed by atoms with van der Waals surface area (Å²) in [6.07, 6.45) is 15.6. The van der Waals surface area contributed by atoms with Crippen molar-refractivity contribution in [3.05, 3.63) is 85.2 Å². The van der Waals surface area contributed by atoms with Gasteiger partial charge in [-0.15, -0.1) is 59.1 Å². The number of fused-ring (bicyclic) bond motifs is 1. The van der Waals surface area contributed by atoms with E-state index in [4.69, 9.17) is 0 Å². The summed E-state index contributed by atoms with van der Waals surface area (Å²) in [5.74, 6) is 0. The molecule has 1 heterocycles. The average molecular weight is 387 g/mol. The Kier molecular flexibility index (Phi) is 8.96. The summed E-state index contributed by atoms with van der Waals surface area (Å²) < 4.78 is 2.12. The Balaban J connectivity index is 0.000000258. The van der Waals surface area contributed by atoms with Gasteiger partial charge in [-0.1, -0.05) is 6.07 Å². The van der Waals surface area contributed by atoms with Gasteiger partial charge in [-0.3, -0.25) is 6.08 Å². The topological polar surface area (TPSA) is 4.93 Å². The number of hydrogen-bond donors (Lipinski definition) is 0. The first-order valence-corrected chi connectivity index (χ1v) is 7.57. The van der Waals surface area contributed by atoms with E-state index in [0.717, 1.165) is 6.42 Å². The van der Waals surface area contributed by atoms with Crippen LogP contribution >= 0.6 is 11.6 Å². The van der Waals surface area contributed by atoms with Crippen molar-refractivity contribution in [2.24, 2.45) is 0 Å². The zero-order valence-electron chi connectivity index (χ0n) is 12.5. The smallest absolute Gasteiger partial charge is 0.342 e. The fraction of sp³-hybridized carbons (Fsp3) is 0.105. The van der Waals surface area contributed by atoms with E-state index in [9.17, 15) is 0 Å². The molecule has 0 aliphatic heterocycles. The van der Waals surface area contributed by atoms with Crippen LogP contribution in [-0.4, -0.2) is 11.0 Å². The number of alkyl halides is 1. The zero-order chi connectivity index (χ0) is 14.9.